The van der Waals surface area contributed by atoms with Crippen LogP contribution in [-0.2, 0) is 13.7 Å². The number of H-pyrrole nitrogens is 1. The van der Waals surface area contributed by atoms with Gasteiger partial charge < -0.3 is 19.9 Å². The lowest BCUT2D eigenvalue weighted by Crippen LogP contribution is -2.27. The molecule has 1 aromatic heterocycles. The first-order chi connectivity index (χ1) is 10.1. The summed E-state index contributed by atoms with van der Waals surface area (Å²) in [6.45, 7) is 3.14. The molecule has 0 spiro atoms. The maximum Gasteiger partial charge on any atom is 0.194 e. The van der Waals surface area contributed by atoms with Gasteiger partial charge in [0, 0.05) is 19.3 Å². The van der Waals surface area contributed by atoms with E-state index in [0.29, 0.717) is 16.5 Å². The Hall–Kier alpha value is -1.93. The van der Waals surface area contributed by atoms with Crippen LogP contribution in [0.1, 0.15) is 12.7 Å². The molecular weight excluding hydrogens is 306 g/mol. The number of aromatic amines is 1. The van der Waals surface area contributed by atoms with Crippen molar-refractivity contribution >= 4 is 35.2 Å². The lowest BCUT2D eigenvalue weighted by atomic mass is 10.3. The third kappa shape index (κ3) is 4.27. The van der Waals surface area contributed by atoms with Crippen molar-refractivity contribution in [3.05, 3.63) is 34.9 Å². The molecule has 0 aliphatic rings. The highest BCUT2D eigenvalue weighted by Gasteiger charge is 2.03. The Morgan fingerprint density at radius 3 is 2.67 bits per heavy atom. The molecule has 8 heteroatoms. The van der Waals surface area contributed by atoms with Crippen LogP contribution in [0.3, 0.4) is 0 Å². The van der Waals surface area contributed by atoms with Crippen LogP contribution < -0.4 is 15.4 Å². The molecule has 0 saturated carbocycles. The third-order valence-electron chi connectivity index (χ3n) is 2.79. The normalized spacial score (nSPS) is 10.2. The average molecular weight is 323 g/mol. The lowest BCUT2D eigenvalue weighted by molar-refractivity contribution is 0.291. The molecule has 3 N–H and O–H groups in total. The molecule has 0 aliphatic heterocycles. The van der Waals surface area contributed by atoms with E-state index in [4.69, 9.17) is 29.2 Å². The van der Waals surface area contributed by atoms with E-state index in [1.165, 1.54) is 0 Å². The van der Waals surface area contributed by atoms with Gasteiger partial charge in [-0.2, -0.15) is 5.10 Å². The van der Waals surface area contributed by atoms with Gasteiger partial charge in [-0.3, -0.25) is 5.10 Å². The molecule has 21 heavy (non-hydrogen) atoms. The number of hydrogen-bond acceptors (Lipinski definition) is 4. The van der Waals surface area contributed by atoms with Crippen molar-refractivity contribution < 1.29 is 4.74 Å². The summed E-state index contributed by atoms with van der Waals surface area (Å²) in [5.74, 6) is 1.50. The zero-order valence-corrected chi connectivity index (χ0v) is 13.5. The van der Waals surface area contributed by atoms with E-state index in [9.17, 15) is 0 Å². The Kier molecular flexibility index (Phi) is 5.29. The van der Waals surface area contributed by atoms with Crippen molar-refractivity contribution in [2.24, 2.45) is 7.05 Å². The van der Waals surface area contributed by atoms with E-state index in [1.54, 1.807) is 4.57 Å². The highest BCUT2D eigenvalue weighted by Crippen LogP contribution is 2.16. The van der Waals surface area contributed by atoms with E-state index >= 15 is 0 Å². The minimum absolute atomic E-state index is 0.353. The zero-order chi connectivity index (χ0) is 15.2. The van der Waals surface area contributed by atoms with Crippen molar-refractivity contribution in [2.45, 2.75) is 13.5 Å². The van der Waals surface area contributed by atoms with Crippen molar-refractivity contribution in [2.75, 3.05) is 11.9 Å². The summed E-state index contributed by atoms with van der Waals surface area (Å²) >= 11 is 10.2. The number of nitrogens with one attached hydrogen (secondary N) is 3. The highest BCUT2D eigenvalue weighted by atomic mass is 32.1. The smallest absolute Gasteiger partial charge is 0.194 e. The molecule has 0 atom stereocenters. The van der Waals surface area contributed by atoms with Crippen molar-refractivity contribution in [3.63, 3.8) is 0 Å². The van der Waals surface area contributed by atoms with E-state index in [-0.39, 0.29) is 0 Å². The first-order valence-corrected chi connectivity index (χ1v) is 7.29. The van der Waals surface area contributed by atoms with Gasteiger partial charge in [0.1, 0.15) is 12.4 Å². The zero-order valence-electron chi connectivity index (χ0n) is 11.8. The molecule has 0 unspecified atom stereocenters. The molecule has 0 amide bonds. The van der Waals surface area contributed by atoms with Crippen LogP contribution in [0.2, 0.25) is 0 Å². The minimum Gasteiger partial charge on any atom is -0.486 e. The van der Waals surface area contributed by atoms with Crippen LogP contribution in [0.4, 0.5) is 5.69 Å². The number of aromatic nitrogens is 3. The molecule has 0 fully saturated rings. The van der Waals surface area contributed by atoms with Crippen LogP contribution in [0.15, 0.2) is 24.3 Å². The van der Waals surface area contributed by atoms with Gasteiger partial charge in [-0.15, -0.1) is 0 Å². The van der Waals surface area contributed by atoms with Crippen molar-refractivity contribution in [1.82, 2.24) is 20.1 Å². The minimum atomic E-state index is 0.353. The third-order valence-corrected chi connectivity index (χ3v) is 3.40. The van der Waals surface area contributed by atoms with Gasteiger partial charge in [0.15, 0.2) is 15.7 Å². The predicted molar refractivity (Wildman–Crippen MR) is 89.1 cm³/mol. The SMILES string of the molecule is CCNC(=S)Nc1ccc(OCc2n[nH]c(=S)n2C)cc1. The largest absolute Gasteiger partial charge is 0.486 e. The maximum atomic E-state index is 5.67. The van der Waals surface area contributed by atoms with Crippen LogP contribution in [0.5, 0.6) is 5.75 Å². The number of benzene rings is 1. The standard InChI is InChI=1S/C13H17N5OS2/c1-3-14-12(20)15-9-4-6-10(7-5-9)19-8-11-16-17-13(21)18(11)2/h4-7H,3,8H2,1-2H3,(H,17,21)(H2,14,15,20). The second-order valence-corrected chi connectivity index (χ2v) is 5.10. The molecule has 1 heterocycles. The van der Waals surface area contributed by atoms with Gasteiger partial charge in [-0.1, -0.05) is 0 Å². The Morgan fingerprint density at radius 1 is 1.38 bits per heavy atom. The van der Waals surface area contributed by atoms with E-state index in [0.717, 1.165) is 23.8 Å². The maximum absolute atomic E-state index is 5.67. The number of thiocarbonyl (C=S) groups is 1. The van der Waals surface area contributed by atoms with Crippen LogP contribution >= 0.6 is 24.4 Å². The predicted octanol–water partition coefficient (Wildman–Crippen LogP) is 2.36. The van der Waals surface area contributed by atoms with Crippen LogP contribution in [-0.4, -0.2) is 26.4 Å². The second kappa shape index (κ2) is 7.19. The van der Waals surface area contributed by atoms with E-state index < -0.39 is 0 Å². The van der Waals surface area contributed by atoms with Crippen LogP contribution in [0, 0.1) is 4.77 Å². The quantitative estimate of drug-likeness (QED) is 0.734. The first-order valence-electron chi connectivity index (χ1n) is 6.48. The van der Waals surface area contributed by atoms with Crippen molar-refractivity contribution in [1.29, 1.82) is 0 Å². The molecule has 0 radical (unpaired) electrons. The Labute approximate surface area is 133 Å². The monoisotopic (exact) mass is 323 g/mol. The molecule has 2 rings (SSSR count). The topological polar surface area (TPSA) is 66.9 Å². The van der Waals surface area contributed by atoms with Gasteiger partial charge in [0.05, 0.1) is 0 Å². The van der Waals surface area contributed by atoms with Gasteiger partial charge >= 0.3 is 0 Å². The number of anilines is 1. The van der Waals surface area contributed by atoms with Gasteiger partial charge in [-0.05, 0) is 55.6 Å². The molecule has 2 aromatic rings. The molecule has 0 saturated heterocycles. The lowest BCUT2D eigenvalue weighted by Gasteiger charge is -2.10. The summed E-state index contributed by atoms with van der Waals surface area (Å²) in [7, 11) is 1.85. The highest BCUT2D eigenvalue weighted by molar-refractivity contribution is 7.80. The fourth-order valence-electron chi connectivity index (χ4n) is 1.63. The van der Waals surface area contributed by atoms with Crippen LogP contribution in [0.25, 0.3) is 0 Å². The molecule has 0 aliphatic carbocycles. The Balaban J connectivity index is 1.92. The number of hydrogen-bond donors (Lipinski definition) is 3. The Morgan fingerprint density at radius 2 is 2.10 bits per heavy atom. The molecule has 6 nitrogen and oxygen atoms in total. The van der Waals surface area contributed by atoms with E-state index in [1.807, 2.05) is 38.2 Å². The van der Waals surface area contributed by atoms with Gasteiger partial charge in [-0.25, -0.2) is 0 Å². The molecular formula is C13H17N5OS2. The summed E-state index contributed by atoms with van der Waals surface area (Å²) in [4.78, 5) is 0. The molecule has 0 bridgehead atoms. The number of rotatable bonds is 5. The molecule has 1 aromatic carbocycles. The average Bonchev–Trinajstić information content (AvgIpc) is 2.78. The number of nitrogens with zero attached hydrogens (tertiary/aromatic N) is 2. The fraction of sp³-hybridized carbons (Fsp3) is 0.308. The summed E-state index contributed by atoms with van der Waals surface area (Å²) < 4.78 is 8.02. The fourth-order valence-corrected chi connectivity index (χ4v) is 2.04. The molecule has 112 valence electrons. The van der Waals surface area contributed by atoms with E-state index in [2.05, 4.69) is 20.8 Å². The summed E-state index contributed by atoms with van der Waals surface area (Å²) in [6.07, 6.45) is 0. The summed E-state index contributed by atoms with van der Waals surface area (Å²) in [5.41, 5.74) is 0.909. The van der Waals surface area contributed by atoms with Gasteiger partial charge in [0.2, 0.25) is 0 Å². The second-order valence-electron chi connectivity index (χ2n) is 4.30. The van der Waals surface area contributed by atoms with Crippen molar-refractivity contribution in [3.8, 4) is 5.75 Å². The van der Waals surface area contributed by atoms with Gasteiger partial charge in [0.25, 0.3) is 0 Å². The summed E-state index contributed by atoms with van der Waals surface area (Å²) in [5, 5.41) is 13.5. The Bertz CT molecular complexity index is 662. The number of ether oxygens (including phenoxy) is 1. The summed E-state index contributed by atoms with van der Waals surface area (Å²) in [6, 6.07) is 7.56. The first kappa shape index (κ1) is 15.5.